The first-order valence-corrected chi connectivity index (χ1v) is 12.0. The third kappa shape index (κ3) is 4.16. The van der Waals surface area contributed by atoms with Gasteiger partial charge in [-0.15, -0.1) is 0 Å². The van der Waals surface area contributed by atoms with Crippen molar-refractivity contribution in [3.8, 4) is 5.75 Å². The molecule has 0 bridgehead atoms. The van der Waals surface area contributed by atoms with Crippen LogP contribution in [0.2, 0.25) is 0 Å². The summed E-state index contributed by atoms with van der Waals surface area (Å²) in [6.45, 7) is 6.14. The standard InChI is InChI=1S/C28H28N2O5/c1-16-10-17(2)12-21(11-16)29-15-19(13-24(29)31)28(34)35-22-8-5-7-20(14-22)30-26(32)23-9-4-6-18(3)25(23)27(30)33/h4-8,10-12,14,18-19,23,25H,9,13,15H2,1-3H3/t18-,19+,23+,25+/m1/s1. The van der Waals surface area contributed by atoms with Gasteiger partial charge in [0.15, 0.2) is 0 Å². The number of esters is 1. The molecule has 0 aromatic heterocycles. The lowest BCUT2D eigenvalue weighted by molar-refractivity contribution is -0.139. The zero-order chi connectivity index (χ0) is 24.9. The van der Waals surface area contributed by atoms with E-state index in [1.807, 2.05) is 51.1 Å². The topological polar surface area (TPSA) is 84.0 Å². The van der Waals surface area contributed by atoms with E-state index in [0.29, 0.717) is 12.1 Å². The molecule has 0 saturated carbocycles. The van der Waals surface area contributed by atoms with Crippen molar-refractivity contribution >= 4 is 35.1 Å². The van der Waals surface area contributed by atoms with E-state index in [2.05, 4.69) is 0 Å². The highest BCUT2D eigenvalue weighted by molar-refractivity contribution is 6.22. The molecule has 2 aromatic carbocycles. The van der Waals surface area contributed by atoms with E-state index in [9.17, 15) is 19.2 Å². The summed E-state index contributed by atoms with van der Waals surface area (Å²) in [5, 5.41) is 0. The molecule has 4 atom stereocenters. The van der Waals surface area contributed by atoms with Crippen molar-refractivity contribution in [2.45, 2.75) is 33.6 Å². The van der Waals surface area contributed by atoms with Crippen molar-refractivity contribution in [1.82, 2.24) is 0 Å². The predicted octanol–water partition coefficient (Wildman–Crippen LogP) is 3.96. The summed E-state index contributed by atoms with van der Waals surface area (Å²) in [4.78, 5) is 54.5. The largest absolute Gasteiger partial charge is 0.426 e. The van der Waals surface area contributed by atoms with Gasteiger partial charge in [0.05, 0.1) is 23.4 Å². The van der Waals surface area contributed by atoms with Crippen molar-refractivity contribution < 1.29 is 23.9 Å². The summed E-state index contributed by atoms with van der Waals surface area (Å²) in [6.07, 6.45) is 4.57. The van der Waals surface area contributed by atoms with Crippen LogP contribution in [0.1, 0.15) is 30.9 Å². The molecular formula is C28H28N2O5. The van der Waals surface area contributed by atoms with Gasteiger partial charge in [0.1, 0.15) is 5.75 Å². The van der Waals surface area contributed by atoms with Crippen molar-refractivity contribution in [2.75, 3.05) is 16.3 Å². The van der Waals surface area contributed by atoms with Crippen molar-refractivity contribution in [3.63, 3.8) is 0 Å². The minimum absolute atomic E-state index is 0.00347. The molecule has 7 nitrogen and oxygen atoms in total. The van der Waals surface area contributed by atoms with Crippen LogP contribution in [0.25, 0.3) is 0 Å². The van der Waals surface area contributed by atoms with E-state index in [-0.39, 0.29) is 54.2 Å². The quantitative estimate of drug-likeness (QED) is 0.291. The van der Waals surface area contributed by atoms with Crippen molar-refractivity contribution in [2.24, 2.45) is 23.7 Å². The number of imide groups is 1. The van der Waals surface area contributed by atoms with E-state index in [4.69, 9.17) is 4.74 Å². The first-order valence-electron chi connectivity index (χ1n) is 12.0. The Hall–Kier alpha value is -3.74. The highest BCUT2D eigenvalue weighted by Gasteiger charge is 2.50. The van der Waals surface area contributed by atoms with Gasteiger partial charge in [-0.2, -0.15) is 0 Å². The Morgan fingerprint density at radius 1 is 0.971 bits per heavy atom. The van der Waals surface area contributed by atoms with Crippen LogP contribution in [0.3, 0.4) is 0 Å². The number of carbonyl (C=O) groups excluding carboxylic acids is 4. The molecule has 7 heteroatoms. The highest BCUT2D eigenvalue weighted by atomic mass is 16.5. The lowest BCUT2D eigenvalue weighted by Crippen LogP contribution is -2.31. The summed E-state index contributed by atoms with van der Waals surface area (Å²) >= 11 is 0. The fourth-order valence-corrected chi connectivity index (χ4v) is 5.51. The molecule has 3 aliphatic rings. The molecule has 0 unspecified atom stereocenters. The summed E-state index contributed by atoms with van der Waals surface area (Å²) in [5.74, 6) is -2.14. The van der Waals surface area contributed by atoms with Gasteiger partial charge in [-0.25, -0.2) is 4.90 Å². The molecule has 2 fully saturated rings. The van der Waals surface area contributed by atoms with Gasteiger partial charge in [0.2, 0.25) is 17.7 Å². The number of aryl methyl sites for hydroxylation is 2. The van der Waals surface area contributed by atoms with Crippen molar-refractivity contribution in [1.29, 1.82) is 0 Å². The molecule has 0 spiro atoms. The van der Waals surface area contributed by atoms with Crippen LogP contribution >= 0.6 is 0 Å². The minimum Gasteiger partial charge on any atom is -0.426 e. The van der Waals surface area contributed by atoms with Gasteiger partial charge in [-0.05, 0) is 61.6 Å². The Balaban J connectivity index is 1.30. The SMILES string of the molecule is Cc1cc(C)cc(N2C[C@@H](C(=O)Oc3cccc(N4C(=O)[C@H]5[C@H](C)C=CC[C@@H]5C4=O)c3)CC2=O)c1. The second kappa shape index (κ2) is 8.80. The highest BCUT2D eigenvalue weighted by Crippen LogP contribution is 2.41. The summed E-state index contributed by atoms with van der Waals surface area (Å²) in [7, 11) is 0. The number of nitrogens with zero attached hydrogens (tertiary/aromatic N) is 2. The smallest absolute Gasteiger partial charge is 0.316 e. The number of fused-ring (bicyclic) bond motifs is 1. The third-order valence-corrected chi connectivity index (χ3v) is 7.14. The fraction of sp³-hybridized carbons (Fsp3) is 0.357. The van der Waals surface area contributed by atoms with Crippen LogP contribution in [0.4, 0.5) is 11.4 Å². The number of rotatable bonds is 4. The summed E-state index contributed by atoms with van der Waals surface area (Å²) in [5.41, 5.74) is 3.27. The fourth-order valence-electron chi connectivity index (χ4n) is 5.51. The second-order valence-corrected chi connectivity index (χ2v) is 9.84. The molecule has 180 valence electrons. The Morgan fingerprint density at radius 2 is 1.71 bits per heavy atom. The van der Waals surface area contributed by atoms with Crippen LogP contribution in [0.5, 0.6) is 5.75 Å². The lowest BCUT2D eigenvalue weighted by atomic mass is 9.78. The first-order chi connectivity index (χ1) is 16.7. The van der Waals surface area contributed by atoms with E-state index in [1.54, 1.807) is 29.2 Å². The molecule has 0 N–H and O–H groups in total. The molecule has 5 rings (SSSR count). The van der Waals surface area contributed by atoms with Crippen LogP contribution in [0, 0.1) is 37.5 Å². The Kier molecular flexibility index (Phi) is 5.79. The normalized spacial score (nSPS) is 25.9. The van der Waals surface area contributed by atoms with Crippen LogP contribution in [-0.4, -0.2) is 30.2 Å². The number of benzene rings is 2. The molecule has 2 saturated heterocycles. The first kappa shape index (κ1) is 23.0. The Labute approximate surface area is 204 Å². The number of allylic oxidation sites excluding steroid dienone is 2. The van der Waals surface area contributed by atoms with Crippen LogP contribution in [-0.2, 0) is 19.2 Å². The maximum absolute atomic E-state index is 13.1. The van der Waals surface area contributed by atoms with Gasteiger partial charge in [-0.3, -0.25) is 19.2 Å². The van der Waals surface area contributed by atoms with Crippen LogP contribution < -0.4 is 14.5 Å². The average molecular weight is 473 g/mol. The Bertz CT molecular complexity index is 1250. The molecule has 0 radical (unpaired) electrons. The number of hydrogen-bond donors (Lipinski definition) is 0. The predicted molar refractivity (Wildman–Crippen MR) is 131 cm³/mol. The minimum atomic E-state index is -0.600. The van der Waals surface area contributed by atoms with E-state index in [1.165, 1.54) is 4.90 Å². The number of carbonyl (C=O) groups is 4. The zero-order valence-electron chi connectivity index (χ0n) is 20.1. The molecule has 3 amide bonds. The monoisotopic (exact) mass is 472 g/mol. The van der Waals surface area contributed by atoms with Gasteiger partial charge in [0, 0.05) is 24.7 Å². The number of ether oxygens (including phenoxy) is 1. The second-order valence-electron chi connectivity index (χ2n) is 9.84. The lowest BCUT2D eigenvalue weighted by Gasteiger charge is -2.22. The maximum Gasteiger partial charge on any atom is 0.316 e. The number of hydrogen-bond acceptors (Lipinski definition) is 5. The molecule has 35 heavy (non-hydrogen) atoms. The number of amides is 3. The third-order valence-electron chi connectivity index (χ3n) is 7.14. The Morgan fingerprint density at radius 3 is 2.43 bits per heavy atom. The van der Waals surface area contributed by atoms with Crippen molar-refractivity contribution in [3.05, 3.63) is 65.7 Å². The van der Waals surface area contributed by atoms with Gasteiger partial charge in [-0.1, -0.05) is 31.2 Å². The maximum atomic E-state index is 13.1. The zero-order valence-corrected chi connectivity index (χ0v) is 20.1. The summed E-state index contributed by atoms with van der Waals surface area (Å²) < 4.78 is 5.61. The van der Waals surface area contributed by atoms with E-state index < -0.39 is 11.9 Å². The molecule has 2 heterocycles. The van der Waals surface area contributed by atoms with Crippen LogP contribution in [0.15, 0.2) is 54.6 Å². The van der Waals surface area contributed by atoms with Gasteiger partial charge < -0.3 is 9.64 Å². The molecule has 1 aliphatic carbocycles. The van der Waals surface area contributed by atoms with Gasteiger partial charge in [0.25, 0.3) is 0 Å². The molecule has 2 aromatic rings. The van der Waals surface area contributed by atoms with E-state index in [0.717, 1.165) is 16.8 Å². The van der Waals surface area contributed by atoms with Gasteiger partial charge >= 0.3 is 5.97 Å². The molecule has 2 aliphatic heterocycles. The average Bonchev–Trinajstić information content (AvgIpc) is 3.31. The number of anilines is 2. The molecular weight excluding hydrogens is 444 g/mol. The summed E-state index contributed by atoms with van der Waals surface area (Å²) in [6, 6.07) is 12.4. The van der Waals surface area contributed by atoms with E-state index >= 15 is 0 Å².